The molecule has 1 heterocycles. The zero-order chi connectivity index (χ0) is 17.3. The quantitative estimate of drug-likeness (QED) is 0.768. The number of nitrogens with zero attached hydrogens (tertiary/aromatic N) is 1. The SMILES string of the molecule is CCCCC(CNC(=O)OC(C)(C)C)NCc1ccc(C)cn1. The molecular weight excluding hydrogens is 290 g/mol. The lowest BCUT2D eigenvalue weighted by Gasteiger charge is -2.22. The molecule has 0 saturated heterocycles. The van der Waals surface area contributed by atoms with Gasteiger partial charge in [0.15, 0.2) is 0 Å². The van der Waals surface area contributed by atoms with E-state index in [2.05, 4.69) is 28.6 Å². The van der Waals surface area contributed by atoms with Crippen molar-refractivity contribution in [2.24, 2.45) is 0 Å². The van der Waals surface area contributed by atoms with Gasteiger partial charge in [0.25, 0.3) is 0 Å². The van der Waals surface area contributed by atoms with E-state index in [-0.39, 0.29) is 12.1 Å². The highest BCUT2D eigenvalue weighted by Crippen LogP contribution is 2.07. The van der Waals surface area contributed by atoms with E-state index in [4.69, 9.17) is 4.74 Å². The number of nitrogens with one attached hydrogen (secondary N) is 2. The van der Waals surface area contributed by atoms with Gasteiger partial charge in [0, 0.05) is 25.3 Å². The average Bonchev–Trinajstić information content (AvgIpc) is 2.46. The molecular formula is C18H31N3O2. The molecule has 2 N–H and O–H groups in total. The number of aryl methyl sites for hydroxylation is 1. The fourth-order valence-electron chi connectivity index (χ4n) is 2.10. The Hall–Kier alpha value is -1.62. The van der Waals surface area contributed by atoms with Gasteiger partial charge in [-0.05, 0) is 45.7 Å². The molecule has 5 heteroatoms. The van der Waals surface area contributed by atoms with Crippen LogP contribution in [0.1, 0.15) is 58.2 Å². The minimum Gasteiger partial charge on any atom is -0.444 e. The fourth-order valence-corrected chi connectivity index (χ4v) is 2.10. The second kappa shape index (κ2) is 9.50. The van der Waals surface area contributed by atoms with Crippen molar-refractivity contribution in [3.05, 3.63) is 29.6 Å². The fraction of sp³-hybridized carbons (Fsp3) is 0.667. The van der Waals surface area contributed by atoms with Crippen LogP contribution in [-0.2, 0) is 11.3 Å². The number of aromatic nitrogens is 1. The normalized spacial score (nSPS) is 12.7. The Labute approximate surface area is 140 Å². The molecule has 1 rings (SSSR count). The number of unbranched alkanes of at least 4 members (excludes halogenated alkanes) is 1. The zero-order valence-electron chi connectivity index (χ0n) is 15.1. The van der Waals surface area contributed by atoms with E-state index in [1.165, 1.54) is 0 Å². The Balaban J connectivity index is 2.45. The Kier molecular flexibility index (Phi) is 8.03. The van der Waals surface area contributed by atoms with Crippen molar-refractivity contribution >= 4 is 6.09 Å². The van der Waals surface area contributed by atoms with Gasteiger partial charge in [0.2, 0.25) is 0 Å². The number of hydrogen-bond donors (Lipinski definition) is 2. The van der Waals surface area contributed by atoms with Gasteiger partial charge in [-0.25, -0.2) is 4.79 Å². The molecule has 0 aliphatic heterocycles. The molecule has 0 saturated carbocycles. The molecule has 1 atom stereocenters. The second-order valence-electron chi connectivity index (χ2n) is 6.93. The highest BCUT2D eigenvalue weighted by atomic mass is 16.6. The first-order valence-electron chi connectivity index (χ1n) is 8.42. The van der Waals surface area contributed by atoms with Crippen LogP contribution in [0.15, 0.2) is 18.3 Å². The summed E-state index contributed by atoms with van der Waals surface area (Å²) in [6.45, 7) is 11.0. The minimum atomic E-state index is -0.470. The first kappa shape index (κ1) is 19.4. The minimum absolute atomic E-state index is 0.213. The summed E-state index contributed by atoms with van der Waals surface area (Å²) in [5, 5.41) is 6.33. The van der Waals surface area contributed by atoms with Crippen LogP contribution in [0.2, 0.25) is 0 Å². The van der Waals surface area contributed by atoms with Crippen molar-refractivity contribution in [2.75, 3.05) is 6.54 Å². The first-order valence-corrected chi connectivity index (χ1v) is 8.42. The summed E-state index contributed by atoms with van der Waals surface area (Å²) in [7, 11) is 0. The molecule has 0 bridgehead atoms. The lowest BCUT2D eigenvalue weighted by molar-refractivity contribution is 0.0521. The average molecular weight is 321 g/mol. The Morgan fingerprint density at radius 2 is 2.09 bits per heavy atom. The lowest BCUT2D eigenvalue weighted by atomic mass is 10.1. The summed E-state index contributed by atoms with van der Waals surface area (Å²) in [5.41, 5.74) is 1.69. The maximum atomic E-state index is 11.8. The summed E-state index contributed by atoms with van der Waals surface area (Å²) in [4.78, 5) is 16.2. The number of ether oxygens (including phenoxy) is 1. The molecule has 1 aromatic rings. The lowest BCUT2D eigenvalue weighted by Crippen LogP contribution is -2.42. The molecule has 0 aromatic carbocycles. The number of amides is 1. The summed E-state index contributed by atoms with van der Waals surface area (Å²) in [6, 6.07) is 4.30. The van der Waals surface area contributed by atoms with Crippen LogP contribution in [0, 0.1) is 6.92 Å². The predicted octanol–water partition coefficient (Wildman–Crippen LogP) is 3.56. The summed E-state index contributed by atoms with van der Waals surface area (Å²) in [5.74, 6) is 0. The van der Waals surface area contributed by atoms with Gasteiger partial charge in [0.1, 0.15) is 5.60 Å². The van der Waals surface area contributed by atoms with E-state index in [1.54, 1.807) is 0 Å². The van der Waals surface area contributed by atoms with Gasteiger partial charge >= 0.3 is 6.09 Å². The van der Waals surface area contributed by atoms with Crippen molar-refractivity contribution < 1.29 is 9.53 Å². The van der Waals surface area contributed by atoms with Crippen LogP contribution >= 0.6 is 0 Å². The number of rotatable bonds is 8. The molecule has 130 valence electrons. The van der Waals surface area contributed by atoms with E-state index in [0.29, 0.717) is 13.1 Å². The van der Waals surface area contributed by atoms with Crippen molar-refractivity contribution in [1.29, 1.82) is 0 Å². The molecule has 5 nitrogen and oxygen atoms in total. The van der Waals surface area contributed by atoms with E-state index in [9.17, 15) is 4.79 Å². The number of carbonyl (C=O) groups excluding carboxylic acids is 1. The standard InChI is InChI=1S/C18H31N3O2/c1-6-7-8-15(13-21-17(22)23-18(3,4)5)20-12-16-10-9-14(2)11-19-16/h9-11,15,20H,6-8,12-13H2,1-5H3,(H,21,22). The van der Waals surface area contributed by atoms with Crippen molar-refractivity contribution in [1.82, 2.24) is 15.6 Å². The van der Waals surface area contributed by atoms with Crippen molar-refractivity contribution in [3.63, 3.8) is 0 Å². The third-order valence-electron chi connectivity index (χ3n) is 3.34. The number of alkyl carbamates (subject to hydrolysis) is 1. The molecule has 0 fully saturated rings. The Morgan fingerprint density at radius 3 is 2.65 bits per heavy atom. The van der Waals surface area contributed by atoms with Crippen LogP contribution in [0.4, 0.5) is 4.79 Å². The topological polar surface area (TPSA) is 63.2 Å². The number of pyridine rings is 1. The monoisotopic (exact) mass is 321 g/mol. The number of carbonyl (C=O) groups is 1. The Morgan fingerprint density at radius 1 is 1.35 bits per heavy atom. The van der Waals surface area contributed by atoms with Gasteiger partial charge < -0.3 is 15.4 Å². The first-order chi connectivity index (χ1) is 10.8. The van der Waals surface area contributed by atoms with Crippen LogP contribution in [0.3, 0.4) is 0 Å². The summed E-state index contributed by atoms with van der Waals surface area (Å²) >= 11 is 0. The molecule has 1 aromatic heterocycles. The van der Waals surface area contributed by atoms with Gasteiger partial charge in [-0.1, -0.05) is 25.8 Å². The van der Waals surface area contributed by atoms with E-state index < -0.39 is 5.60 Å². The second-order valence-corrected chi connectivity index (χ2v) is 6.93. The smallest absolute Gasteiger partial charge is 0.407 e. The molecule has 0 spiro atoms. The third-order valence-corrected chi connectivity index (χ3v) is 3.34. The Bertz CT molecular complexity index is 466. The van der Waals surface area contributed by atoms with Crippen LogP contribution in [0.5, 0.6) is 0 Å². The van der Waals surface area contributed by atoms with Crippen LogP contribution in [0.25, 0.3) is 0 Å². The van der Waals surface area contributed by atoms with Crippen LogP contribution in [-0.4, -0.2) is 29.3 Å². The van der Waals surface area contributed by atoms with E-state index >= 15 is 0 Å². The largest absolute Gasteiger partial charge is 0.444 e. The predicted molar refractivity (Wildman–Crippen MR) is 93.4 cm³/mol. The van der Waals surface area contributed by atoms with Crippen molar-refractivity contribution in [2.45, 2.75) is 72.1 Å². The molecule has 1 unspecified atom stereocenters. The van der Waals surface area contributed by atoms with Gasteiger partial charge in [0.05, 0.1) is 5.69 Å². The van der Waals surface area contributed by atoms with Gasteiger partial charge in [-0.3, -0.25) is 4.98 Å². The molecule has 0 aliphatic carbocycles. The van der Waals surface area contributed by atoms with Crippen LogP contribution < -0.4 is 10.6 Å². The third kappa shape index (κ3) is 9.18. The molecule has 23 heavy (non-hydrogen) atoms. The highest BCUT2D eigenvalue weighted by Gasteiger charge is 2.17. The van der Waals surface area contributed by atoms with E-state index in [0.717, 1.165) is 30.5 Å². The summed E-state index contributed by atoms with van der Waals surface area (Å²) in [6.07, 6.45) is 4.77. The van der Waals surface area contributed by atoms with E-state index in [1.807, 2.05) is 40.0 Å². The molecule has 0 radical (unpaired) electrons. The highest BCUT2D eigenvalue weighted by molar-refractivity contribution is 5.67. The van der Waals surface area contributed by atoms with Gasteiger partial charge in [-0.2, -0.15) is 0 Å². The zero-order valence-corrected chi connectivity index (χ0v) is 15.1. The maximum Gasteiger partial charge on any atom is 0.407 e. The molecule has 1 amide bonds. The maximum absolute atomic E-state index is 11.8. The summed E-state index contributed by atoms with van der Waals surface area (Å²) < 4.78 is 5.28. The van der Waals surface area contributed by atoms with Gasteiger partial charge in [-0.15, -0.1) is 0 Å². The van der Waals surface area contributed by atoms with Crippen molar-refractivity contribution in [3.8, 4) is 0 Å². The number of hydrogen-bond acceptors (Lipinski definition) is 4. The molecule has 0 aliphatic rings.